The standard InChI is InChI=1S/C14H24N2O5S/c1-21-6-3-2-5-15-14(18)11-8-13(17)16(9-11)12-4-7-22(19,20)10-12/h11-12H,2-10H2,1H3,(H,15,18)/t11-,12-/m0/s1. The molecule has 0 saturated carbocycles. The number of likely N-dealkylation sites (tertiary alicyclic amines) is 1. The Morgan fingerprint density at radius 2 is 2.18 bits per heavy atom. The summed E-state index contributed by atoms with van der Waals surface area (Å²) in [6, 6.07) is -0.253. The van der Waals surface area contributed by atoms with Gasteiger partial charge in [0.25, 0.3) is 0 Å². The van der Waals surface area contributed by atoms with E-state index in [1.54, 1.807) is 12.0 Å². The SMILES string of the molecule is COCCCCNC(=O)[C@H]1CC(=O)N([C@H]2CCS(=O)(=O)C2)C1. The zero-order valence-electron chi connectivity index (χ0n) is 12.9. The molecule has 0 aliphatic carbocycles. The number of hydrogen-bond acceptors (Lipinski definition) is 5. The first-order valence-electron chi connectivity index (χ1n) is 7.69. The van der Waals surface area contributed by atoms with Crippen molar-refractivity contribution in [2.45, 2.75) is 31.7 Å². The number of nitrogens with one attached hydrogen (secondary N) is 1. The molecule has 2 aliphatic rings. The van der Waals surface area contributed by atoms with Crippen molar-refractivity contribution in [1.82, 2.24) is 10.2 Å². The highest BCUT2D eigenvalue weighted by Crippen LogP contribution is 2.26. The number of nitrogens with zero attached hydrogens (tertiary/aromatic N) is 1. The number of methoxy groups -OCH3 is 1. The van der Waals surface area contributed by atoms with Crippen molar-refractivity contribution in [3.63, 3.8) is 0 Å². The molecule has 0 aromatic carbocycles. The maximum atomic E-state index is 12.1. The van der Waals surface area contributed by atoms with E-state index in [4.69, 9.17) is 4.74 Å². The molecule has 126 valence electrons. The van der Waals surface area contributed by atoms with Crippen LogP contribution in [0.2, 0.25) is 0 Å². The smallest absolute Gasteiger partial charge is 0.225 e. The van der Waals surface area contributed by atoms with Gasteiger partial charge in [-0.25, -0.2) is 8.42 Å². The number of ether oxygens (including phenoxy) is 1. The van der Waals surface area contributed by atoms with Crippen LogP contribution in [0.1, 0.15) is 25.7 Å². The van der Waals surface area contributed by atoms with Crippen molar-refractivity contribution in [3.8, 4) is 0 Å². The largest absolute Gasteiger partial charge is 0.385 e. The molecule has 2 aliphatic heterocycles. The van der Waals surface area contributed by atoms with Gasteiger partial charge in [-0.15, -0.1) is 0 Å². The van der Waals surface area contributed by atoms with Crippen LogP contribution in [0, 0.1) is 5.92 Å². The topological polar surface area (TPSA) is 92.8 Å². The molecule has 0 bridgehead atoms. The van der Waals surface area contributed by atoms with Gasteiger partial charge in [0.1, 0.15) is 0 Å². The van der Waals surface area contributed by atoms with E-state index in [-0.39, 0.29) is 41.7 Å². The Morgan fingerprint density at radius 1 is 1.41 bits per heavy atom. The molecule has 22 heavy (non-hydrogen) atoms. The minimum Gasteiger partial charge on any atom is -0.385 e. The molecule has 1 N–H and O–H groups in total. The lowest BCUT2D eigenvalue weighted by atomic mass is 10.1. The van der Waals surface area contributed by atoms with Gasteiger partial charge in [-0.2, -0.15) is 0 Å². The maximum absolute atomic E-state index is 12.1. The number of hydrogen-bond donors (Lipinski definition) is 1. The van der Waals surface area contributed by atoms with E-state index in [2.05, 4.69) is 5.32 Å². The highest BCUT2D eigenvalue weighted by atomic mass is 32.2. The summed E-state index contributed by atoms with van der Waals surface area (Å²) < 4.78 is 28.0. The van der Waals surface area contributed by atoms with Crippen LogP contribution in [-0.4, -0.2) is 69.5 Å². The Morgan fingerprint density at radius 3 is 2.82 bits per heavy atom. The van der Waals surface area contributed by atoms with Crippen LogP contribution in [0.5, 0.6) is 0 Å². The average Bonchev–Trinajstić information content (AvgIpc) is 3.01. The first-order valence-corrected chi connectivity index (χ1v) is 9.51. The number of unbranched alkanes of at least 4 members (excludes halogenated alkanes) is 1. The molecular formula is C14H24N2O5S. The van der Waals surface area contributed by atoms with Crippen LogP contribution in [-0.2, 0) is 24.2 Å². The highest BCUT2D eigenvalue weighted by molar-refractivity contribution is 7.91. The first-order chi connectivity index (χ1) is 10.4. The normalized spacial score (nSPS) is 27.3. The van der Waals surface area contributed by atoms with E-state index in [9.17, 15) is 18.0 Å². The highest BCUT2D eigenvalue weighted by Gasteiger charge is 2.41. The second-order valence-electron chi connectivity index (χ2n) is 5.99. The van der Waals surface area contributed by atoms with E-state index in [0.29, 0.717) is 26.1 Å². The number of carbonyl (C=O) groups excluding carboxylic acids is 2. The summed E-state index contributed by atoms with van der Waals surface area (Å²) in [6.45, 7) is 1.58. The molecule has 7 nitrogen and oxygen atoms in total. The molecule has 2 amide bonds. The Bertz CT molecular complexity index is 519. The van der Waals surface area contributed by atoms with Crippen molar-refractivity contribution in [2.24, 2.45) is 5.92 Å². The summed E-state index contributed by atoms with van der Waals surface area (Å²) in [5.74, 6) is -0.420. The molecule has 2 atom stereocenters. The molecular weight excluding hydrogens is 308 g/mol. The minimum atomic E-state index is -3.02. The summed E-state index contributed by atoms with van der Waals surface area (Å²) in [4.78, 5) is 25.7. The molecule has 2 rings (SSSR count). The quantitative estimate of drug-likeness (QED) is 0.638. The van der Waals surface area contributed by atoms with Crippen LogP contribution in [0.15, 0.2) is 0 Å². The van der Waals surface area contributed by atoms with Gasteiger partial charge in [0, 0.05) is 39.3 Å². The summed E-state index contributed by atoms with van der Waals surface area (Å²) in [5, 5.41) is 2.84. The molecule has 2 saturated heterocycles. The molecule has 2 heterocycles. The lowest BCUT2D eigenvalue weighted by Crippen LogP contribution is -2.39. The molecule has 0 aromatic rings. The maximum Gasteiger partial charge on any atom is 0.225 e. The zero-order valence-corrected chi connectivity index (χ0v) is 13.7. The van der Waals surface area contributed by atoms with Gasteiger partial charge < -0.3 is 15.0 Å². The van der Waals surface area contributed by atoms with Crippen molar-refractivity contribution in [3.05, 3.63) is 0 Å². The fourth-order valence-electron chi connectivity index (χ4n) is 3.01. The Labute approximate surface area is 131 Å². The number of carbonyl (C=O) groups is 2. The van der Waals surface area contributed by atoms with E-state index in [1.165, 1.54) is 0 Å². The minimum absolute atomic E-state index is 0.0318. The van der Waals surface area contributed by atoms with Crippen molar-refractivity contribution < 1.29 is 22.7 Å². The Balaban J connectivity index is 1.78. The van der Waals surface area contributed by atoms with Crippen LogP contribution in [0.3, 0.4) is 0 Å². The molecule has 8 heteroatoms. The molecule has 2 fully saturated rings. The van der Waals surface area contributed by atoms with Gasteiger partial charge in [-0.1, -0.05) is 0 Å². The van der Waals surface area contributed by atoms with Crippen LogP contribution >= 0.6 is 0 Å². The van der Waals surface area contributed by atoms with E-state index in [0.717, 1.165) is 12.8 Å². The second kappa shape index (κ2) is 7.41. The van der Waals surface area contributed by atoms with Crippen LogP contribution in [0.25, 0.3) is 0 Å². The predicted octanol–water partition coefficient (Wildman–Crippen LogP) is -0.435. The van der Waals surface area contributed by atoms with Gasteiger partial charge >= 0.3 is 0 Å². The summed E-state index contributed by atoms with van der Waals surface area (Å²) in [7, 11) is -1.38. The first kappa shape index (κ1) is 17.2. The predicted molar refractivity (Wildman–Crippen MR) is 81.0 cm³/mol. The van der Waals surface area contributed by atoms with E-state index in [1.807, 2.05) is 0 Å². The third-order valence-corrected chi connectivity index (χ3v) is 6.00. The van der Waals surface area contributed by atoms with Gasteiger partial charge in [0.15, 0.2) is 9.84 Å². The Hall–Kier alpha value is -1.15. The zero-order chi connectivity index (χ0) is 16.2. The van der Waals surface area contributed by atoms with E-state index >= 15 is 0 Å². The summed E-state index contributed by atoms with van der Waals surface area (Å²) in [5.41, 5.74) is 0. The average molecular weight is 332 g/mol. The second-order valence-corrected chi connectivity index (χ2v) is 8.22. The summed E-state index contributed by atoms with van der Waals surface area (Å²) in [6.07, 6.45) is 2.39. The third kappa shape index (κ3) is 4.42. The van der Waals surface area contributed by atoms with Crippen molar-refractivity contribution in [2.75, 3.05) is 38.3 Å². The molecule has 0 spiro atoms. The van der Waals surface area contributed by atoms with E-state index < -0.39 is 9.84 Å². The van der Waals surface area contributed by atoms with Gasteiger partial charge in [-0.05, 0) is 19.3 Å². The fourth-order valence-corrected chi connectivity index (χ4v) is 4.74. The van der Waals surface area contributed by atoms with Gasteiger partial charge in [-0.3, -0.25) is 9.59 Å². The molecule has 0 aromatic heterocycles. The van der Waals surface area contributed by atoms with Gasteiger partial charge in [0.2, 0.25) is 11.8 Å². The molecule has 0 unspecified atom stereocenters. The Kier molecular flexibility index (Phi) is 5.80. The van der Waals surface area contributed by atoms with Crippen LogP contribution in [0.4, 0.5) is 0 Å². The molecule has 0 radical (unpaired) electrons. The summed E-state index contributed by atoms with van der Waals surface area (Å²) >= 11 is 0. The third-order valence-electron chi connectivity index (χ3n) is 4.25. The van der Waals surface area contributed by atoms with Gasteiger partial charge in [0.05, 0.1) is 17.4 Å². The van der Waals surface area contributed by atoms with Crippen molar-refractivity contribution >= 4 is 21.7 Å². The number of rotatable bonds is 7. The monoisotopic (exact) mass is 332 g/mol. The van der Waals surface area contributed by atoms with Crippen LogP contribution < -0.4 is 5.32 Å². The lowest BCUT2D eigenvalue weighted by Gasteiger charge is -2.22. The number of amides is 2. The fraction of sp³-hybridized carbons (Fsp3) is 0.857. The number of sulfone groups is 1. The lowest BCUT2D eigenvalue weighted by molar-refractivity contribution is -0.130. The van der Waals surface area contributed by atoms with Crippen molar-refractivity contribution in [1.29, 1.82) is 0 Å².